The summed E-state index contributed by atoms with van der Waals surface area (Å²) in [5.41, 5.74) is 3.65. The maximum absolute atomic E-state index is 12.6. The summed E-state index contributed by atoms with van der Waals surface area (Å²) in [4.78, 5) is 19.3. The lowest BCUT2D eigenvalue weighted by atomic mass is 9.99. The molecule has 0 spiro atoms. The first-order valence-electron chi connectivity index (χ1n) is 11.2. The third kappa shape index (κ3) is 6.39. The summed E-state index contributed by atoms with van der Waals surface area (Å²) < 4.78 is 10.6. The summed E-state index contributed by atoms with van der Waals surface area (Å²) in [6, 6.07) is 14.2. The van der Waals surface area contributed by atoms with Crippen LogP contribution >= 0.6 is 0 Å². The number of fused-ring (bicyclic) bond motifs is 1. The number of carbonyl (C=O) groups is 1. The van der Waals surface area contributed by atoms with Crippen LogP contribution in [-0.2, 0) is 24.3 Å². The molecule has 2 N–H and O–H groups in total. The topological polar surface area (TPSA) is 75.2 Å². The van der Waals surface area contributed by atoms with Crippen molar-refractivity contribution in [1.82, 2.24) is 15.5 Å². The second-order valence-corrected chi connectivity index (χ2v) is 7.75. The molecule has 0 unspecified atom stereocenters. The molecule has 2 aromatic carbocycles. The van der Waals surface area contributed by atoms with E-state index >= 15 is 0 Å². The standard InChI is InChI=1S/C25H34N4O3/c1-4-26-25(28-17-19-11-12-22(31-2)23(16-19)32-3)27-14-7-10-24(30)29-15-13-20-8-5-6-9-21(20)18-29/h5-6,8-9,11-12,16H,4,7,10,13-15,17-18H2,1-3H3,(H2,26,27,28). The average molecular weight is 439 g/mol. The number of nitrogens with zero attached hydrogens (tertiary/aromatic N) is 2. The van der Waals surface area contributed by atoms with Crippen LogP contribution in [0.3, 0.4) is 0 Å². The van der Waals surface area contributed by atoms with E-state index < -0.39 is 0 Å². The van der Waals surface area contributed by atoms with Crippen molar-refractivity contribution in [3.05, 3.63) is 59.2 Å². The van der Waals surface area contributed by atoms with E-state index in [0.717, 1.165) is 44.0 Å². The normalized spacial score (nSPS) is 13.3. The zero-order valence-electron chi connectivity index (χ0n) is 19.3. The fraction of sp³-hybridized carbons (Fsp3) is 0.440. The van der Waals surface area contributed by atoms with Crippen LogP contribution in [0.1, 0.15) is 36.5 Å². The minimum atomic E-state index is 0.216. The molecule has 2 aromatic rings. The van der Waals surface area contributed by atoms with Crippen molar-refractivity contribution >= 4 is 11.9 Å². The maximum atomic E-state index is 12.6. The molecule has 1 heterocycles. The van der Waals surface area contributed by atoms with Gasteiger partial charge in [-0.1, -0.05) is 30.3 Å². The Morgan fingerprint density at radius 3 is 2.59 bits per heavy atom. The molecule has 0 atom stereocenters. The van der Waals surface area contributed by atoms with E-state index in [-0.39, 0.29) is 5.91 Å². The molecule has 0 aromatic heterocycles. The number of hydrogen-bond acceptors (Lipinski definition) is 4. The summed E-state index contributed by atoms with van der Waals surface area (Å²) in [5, 5.41) is 6.58. The Kier molecular flexibility index (Phi) is 8.78. The Bertz CT molecular complexity index is 929. The number of guanidine groups is 1. The first-order valence-corrected chi connectivity index (χ1v) is 11.2. The Morgan fingerprint density at radius 2 is 1.84 bits per heavy atom. The first-order chi connectivity index (χ1) is 15.6. The predicted molar refractivity (Wildman–Crippen MR) is 127 cm³/mol. The minimum absolute atomic E-state index is 0.216. The number of nitrogens with one attached hydrogen (secondary N) is 2. The van der Waals surface area contributed by atoms with Gasteiger partial charge in [-0.25, -0.2) is 4.99 Å². The van der Waals surface area contributed by atoms with Gasteiger partial charge in [-0.3, -0.25) is 4.79 Å². The minimum Gasteiger partial charge on any atom is -0.493 e. The van der Waals surface area contributed by atoms with Gasteiger partial charge in [0.15, 0.2) is 17.5 Å². The number of carbonyl (C=O) groups excluding carboxylic acids is 1. The van der Waals surface area contributed by atoms with Gasteiger partial charge in [0.1, 0.15) is 0 Å². The number of rotatable bonds is 9. The number of amides is 1. The van der Waals surface area contributed by atoms with E-state index in [4.69, 9.17) is 9.47 Å². The van der Waals surface area contributed by atoms with E-state index in [0.29, 0.717) is 31.0 Å². The smallest absolute Gasteiger partial charge is 0.222 e. The van der Waals surface area contributed by atoms with Crippen molar-refractivity contribution in [3.63, 3.8) is 0 Å². The molecular formula is C25H34N4O3. The summed E-state index contributed by atoms with van der Waals surface area (Å²) in [6.07, 6.45) is 2.23. The van der Waals surface area contributed by atoms with E-state index in [1.165, 1.54) is 11.1 Å². The summed E-state index contributed by atoms with van der Waals surface area (Å²) >= 11 is 0. The van der Waals surface area contributed by atoms with Gasteiger partial charge in [-0.05, 0) is 48.6 Å². The van der Waals surface area contributed by atoms with Crippen molar-refractivity contribution in [1.29, 1.82) is 0 Å². The number of aliphatic imine (C=N–C) groups is 1. The quantitative estimate of drug-likeness (QED) is 0.357. The average Bonchev–Trinajstić information content (AvgIpc) is 2.84. The van der Waals surface area contributed by atoms with Crippen LogP contribution in [-0.4, -0.2) is 50.6 Å². The highest BCUT2D eigenvalue weighted by Crippen LogP contribution is 2.27. The van der Waals surface area contributed by atoms with Crippen molar-refractivity contribution in [3.8, 4) is 11.5 Å². The predicted octanol–water partition coefficient (Wildman–Crippen LogP) is 3.12. The molecule has 0 bridgehead atoms. The second kappa shape index (κ2) is 12.0. The molecule has 0 aliphatic carbocycles. The number of benzene rings is 2. The highest BCUT2D eigenvalue weighted by molar-refractivity contribution is 5.80. The Morgan fingerprint density at radius 1 is 1.06 bits per heavy atom. The Labute approximate surface area is 190 Å². The second-order valence-electron chi connectivity index (χ2n) is 7.75. The van der Waals surface area contributed by atoms with Crippen LogP contribution in [0.2, 0.25) is 0 Å². The SMILES string of the molecule is CCNC(=NCc1ccc(OC)c(OC)c1)NCCCC(=O)N1CCc2ccccc2C1. The first kappa shape index (κ1) is 23.4. The molecule has 3 rings (SSSR count). The van der Waals surface area contributed by atoms with Crippen molar-refractivity contribution in [2.45, 2.75) is 39.3 Å². The van der Waals surface area contributed by atoms with Gasteiger partial charge in [0.2, 0.25) is 5.91 Å². The fourth-order valence-electron chi connectivity index (χ4n) is 3.80. The highest BCUT2D eigenvalue weighted by Gasteiger charge is 2.19. The molecule has 1 aliphatic heterocycles. The van der Waals surface area contributed by atoms with Gasteiger partial charge in [0.05, 0.1) is 20.8 Å². The number of methoxy groups -OCH3 is 2. The van der Waals surface area contributed by atoms with Crippen LogP contribution in [0.15, 0.2) is 47.5 Å². The van der Waals surface area contributed by atoms with Crippen LogP contribution in [0.25, 0.3) is 0 Å². The van der Waals surface area contributed by atoms with Crippen molar-refractivity contribution in [2.75, 3.05) is 33.9 Å². The molecule has 0 fully saturated rings. The largest absolute Gasteiger partial charge is 0.493 e. The Balaban J connectivity index is 1.46. The van der Waals surface area contributed by atoms with Crippen LogP contribution in [0.5, 0.6) is 11.5 Å². The van der Waals surface area contributed by atoms with Crippen LogP contribution in [0, 0.1) is 0 Å². The monoisotopic (exact) mass is 438 g/mol. The highest BCUT2D eigenvalue weighted by atomic mass is 16.5. The molecule has 7 heteroatoms. The van der Waals surface area contributed by atoms with E-state index in [1.807, 2.05) is 36.1 Å². The number of hydrogen-bond donors (Lipinski definition) is 2. The fourth-order valence-corrected chi connectivity index (χ4v) is 3.80. The van der Waals surface area contributed by atoms with E-state index in [9.17, 15) is 4.79 Å². The third-order valence-electron chi connectivity index (χ3n) is 5.56. The molecule has 172 valence electrons. The molecular weight excluding hydrogens is 404 g/mol. The molecule has 0 saturated heterocycles. The number of ether oxygens (including phenoxy) is 2. The van der Waals surface area contributed by atoms with Crippen molar-refractivity contribution < 1.29 is 14.3 Å². The molecule has 7 nitrogen and oxygen atoms in total. The molecule has 32 heavy (non-hydrogen) atoms. The third-order valence-corrected chi connectivity index (χ3v) is 5.56. The summed E-state index contributed by atoms with van der Waals surface area (Å²) in [6.45, 7) is 5.53. The molecule has 1 amide bonds. The van der Waals surface area contributed by atoms with E-state index in [2.05, 4.69) is 33.8 Å². The van der Waals surface area contributed by atoms with Crippen molar-refractivity contribution in [2.24, 2.45) is 4.99 Å². The molecule has 0 radical (unpaired) electrons. The lowest BCUT2D eigenvalue weighted by Gasteiger charge is -2.29. The van der Waals surface area contributed by atoms with Gasteiger partial charge >= 0.3 is 0 Å². The van der Waals surface area contributed by atoms with Gasteiger partial charge in [-0.15, -0.1) is 0 Å². The Hall–Kier alpha value is -3.22. The van der Waals surface area contributed by atoms with Gasteiger partial charge in [-0.2, -0.15) is 0 Å². The molecule has 0 saturated carbocycles. The zero-order valence-corrected chi connectivity index (χ0v) is 19.3. The summed E-state index contributed by atoms with van der Waals surface area (Å²) in [7, 11) is 3.25. The lowest BCUT2D eigenvalue weighted by Crippen LogP contribution is -2.39. The van der Waals surface area contributed by atoms with Crippen LogP contribution < -0.4 is 20.1 Å². The van der Waals surface area contributed by atoms with E-state index in [1.54, 1.807) is 14.2 Å². The van der Waals surface area contributed by atoms with Crippen LogP contribution in [0.4, 0.5) is 0 Å². The maximum Gasteiger partial charge on any atom is 0.222 e. The lowest BCUT2D eigenvalue weighted by molar-refractivity contribution is -0.132. The zero-order chi connectivity index (χ0) is 22.8. The summed E-state index contributed by atoms with van der Waals surface area (Å²) in [5.74, 6) is 2.35. The van der Waals surface area contributed by atoms with Gasteiger partial charge in [0.25, 0.3) is 0 Å². The molecule has 1 aliphatic rings. The van der Waals surface area contributed by atoms with Gasteiger partial charge < -0.3 is 25.0 Å². The van der Waals surface area contributed by atoms with Gasteiger partial charge in [0, 0.05) is 32.6 Å².